The topological polar surface area (TPSA) is 46.2 Å². The molecule has 1 aliphatic rings. The molecule has 0 unspecified atom stereocenters. The van der Waals surface area contributed by atoms with Crippen molar-refractivity contribution in [3.63, 3.8) is 0 Å². The van der Waals surface area contributed by atoms with Gasteiger partial charge in [-0.25, -0.2) is 8.78 Å². The molecule has 0 spiro atoms. The standard InChI is InChI=1S/C11H13F2NO/c12-8-4-3-7(5-9(8)13)10(14)11(15)6-1-2-6/h3-6,10-11,15H,1-2,14H2/t10-,11+/m0/s1. The fraction of sp³-hybridized carbons (Fsp3) is 0.455. The van der Waals surface area contributed by atoms with Crippen LogP contribution in [0.3, 0.4) is 0 Å². The molecule has 2 nitrogen and oxygen atoms in total. The lowest BCUT2D eigenvalue weighted by Crippen LogP contribution is -2.28. The van der Waals surface area contributed by atoms with Gasteiger partial charge in [-0.05, 0) is 36.5 Å². The van der Waals surface area contributed by atoms with Crippen molar-refractivity contribution in [2.75, 3.05) is 0 Å². The van der Waals surface area contributed by atoms with Crippen LogP contribution in [0.1, 0.15) is 24.4 Å². The maximum atomic E-state index is 12.9. The average molecular weight is 213 g/mol. The van der Waals surface area contributed by atoms with Gasteiger partial charge < -0.3 is 10.8 Å². The summed E-state index contributed by atoms with van der Waals surface area (Å²) in [6, 6.07) is 2.86. The molecule has 1 aliphatic carbocycles. The first kappa shape index (κ1) is 10.5. The Labute approximate surface area is 86.7 Å². The summed E-state index contributed by atoms with van der Waals surface area (Å²) in [7, 11) is 0. The summed E-state index contributed by atoms with van der Waals surface area (Å²) in [4.78, 5) is 0. The van der Waals surface area contributed by atoms with Gasteiger partial charge in [-0.3, -0.25) is 0 Å². The van der Waals surface area contributed by atoms with Crippen molar-refractivity contribution in [1.82, 2.24) is 0 Å². The molecule has 1 aromatic carbocycles. The fourth-order valence-corrected chi connectivity index (χ4v) is 1.65. The third kappa shape index (κ3) is 2.16. The van der Waals surface area contributed by atoms with Crippen LogP contribution in [-0.4, -0.2) is 11.2 Å². The molecule has 0 aliphatic heterocycles. The van der Waals surface area contributed by atoms with Gasteiger partial charge in [-0.2, -0.15) is 0 Å². The monoisotopic (exact) mass is 213 g/mol. The number of hydrogen-bond acceptors (Lipinski definition) is 2. The van der Waals surface area contributed by atoms with E-state index in [4.69, 9.17) is 5.73 Å². The minimum absolute atomic E-state index is 0.216. The van der Waals surface area contributed by atoms with Crippen LogP contribution in [0.15, 0.2) is 18.2 Å². The molecule has 0 heterocycles. The van der Waals surface area contributed by atoms with E-state index < -0.39 is 23.8 Å². The molecule has 0 saturated heterocycles. The Balaban J connectivity index is 2.17. The Morgan fingerprint density at radius 2 is 1.93 bits per heavy atom. The molecule has 0 bridgehead atoms. The van der Waals surface area contributed by atoms with Gasteiger partial charge in [0.05, 0.1) is 12.1 Å². The lowest BCUT2D eigenvalue weighted by atomic mass is 9.99. The van der Waals surface area contributed by atoms with E-state index in [1.54, 1.807) is 0 Å². The van der Waals surface area contributed by atoms with E-state index in [0.717, 1.165) is 25.0 Å². The van der Waals surface area contributed by atoms with E-state index in [9.17, 15) is 13.9 Å². The number of aliphatic hydroxyl groups is 1. The fourth-order valence-electron chi connectivity index (χ4n) is 1.65. The normalized spacial score (nSPS) is 20.0. The van der Waals surface area contributed by atoms with Crippen LogP contribution in [0.4, 0.5) is 8.78 Å². The van der Waals surface area contributed by atoms with E-state index in [0.29, 0.717) is 5.56 Å². The zero-order valence-corrected chi connectivity index (χ0v) is 8.16. The van der Waals surface area contributed by atoms with Gasteiger partial charge in [-0.15, -0.1) is 0 Å². The van der Waals surface area contributed by atoms with Crippen molar-refractivity contribution >= 4 is 0 Å². The van der Waals surface area contributed by atoms with Gasteiger partial charge in [0, 0.05) is 0 Å². The molecule has 1 saturated carbocycles. The van der Waals surface area contributed by atoms with Gasteiger partial charge in [0.15, 0.2) is 11.6 Å². The number of halogens is 2. The summed E-state index contributed by atoms with van der Waals surface area (Å²) in [6.45, 7) is 0. The number of aliphatic hydroxyl groups excluding tert-OH is 1. The molecule has 3 N–H and O–H groups in total. The third-order valence-corrected chi connectivity index (χ3v) is 2.80. The number of hydrogen-bond donors (Lipinski definition) is 2. The summed E-state index contributed by atoms with van der Waals surface area (Å²) in [5.41, 5.74) is 6.20. The molecule has 0 amide bonds. The van der Waals surface area contributed by atoms with E-state index >= 15 is 0 Å². The summed E-state index contributed by atoms with van der Waals surface area (Å²) < 4.78 is 25.6. The molecular formula is C11H13F2NO. The van der Waals surface area contributed by atoms with Crippen LogP contribution in [0, 0.1) is 17.6 Å². The first-order valence-corrected chi connectivity index (χ1v) is 4.98. The average Bonchev–Trinajstić information content (AvgIpc) is 3.03. The van der Waals surface area contributed by atoms with Crippen LogP contribution >= 0.6 is 0 Å². The van der Waals surface area contributed by atoms with Gasteiger partial charge in [0.1, 0.15) is 0 Å². The van der Waals surface area contributed by atoms with Crippen LogP contribution in [0.5, 0.6) is 0 Å². The largest absolute Gasteiger partial charge is 0.391 e. The van der Waals surface area contributed by atoms with Crippen molar-refractivity contribution in [3.05, 3.63) is 35.4 Å². The predicted molar refractivity (Wildman–Crippen MR) is 52.0 cm³/mol. The SMILES string of the molecule is N[C@@H](c1ccc(F)c(F)c1)[C@H](O)C1CC1. The van der Waals surface area contributed by atoms with Crippen molar-refractivity contribution in [2.24, 2.45) is 11.7 Å². The van der Waals surface area contributed by atoms with Gasteiger partial charge in [-0.1, -0.05) is 6.07 Å². The number of rotatable bonds is 3. The molecular weight excluding hydrogens is 200 g/mol. The minimum atomic E-state index is -0.925. The number of nitrogens with two attached hydrogens (primary N) is 1. The zero-order chi connectivity index (χ0) is 11.0. The van der Waals surface area contributed by atoms with E-state index in [1.807, 2.05) is 0 Å². The van der Waals surface area contributed by atoms with Gasteiger partial charge in [0.25, 0.3) is 0 Å². The molecule has 1 fully saturated rings. The molecule has 0 radical (unpaired) electrons. The molecule has 82 valence electrons. The van der Waals surface area contributed by atoms with Crippen LogP contribution < -0.4 is 5.73 Å². The highest BCUT2D eigenvalue weighted by Gasteiger charge is 2.34. The molecule has 4 heteroatoms. The third-order valence-electron chi connectivity index (χ3n) is 2.80. The second-order valence-electron chi connectivity index (χ2n) is 4.03. The summed E-state index contributed by atoms with van der Waals surface area (Å²) in [5, 5.41) is 9.73. The van der Waals surface area contributed by atoms with Crippen molar-refractivity contribution in [1.29, 1.82) is 0 Å². The predicted octanol–water partition coefficient (Wildman–Crippen LogP) is 1.74. The highest BCUT2D eigenvalue weighted by atomic mass is 19.2. The lowest BCUT2D eigenvalue weighted by Gasteiger charge is -2.18. The Morgan fingerprint density at radius 1 is 1.27 bits per heavy atom. The Kier molecular flexibility index (Phi) is 2.71. The van der Waals surface area contributed by atoms with E-state index in [-0.39, 0.29) is 5.92 Å². The van der Waals surface area contributed by atoms with Crippen LogP contribution in [0.2, 0.25) is 0 Å². The molecule has 15 heavy (non-hydrogen) atoms. The van der Waals surface area contributed by atoms with Gasteiger partial charge in [0.2, 0.25) is 0 Å². The molecule has 2 atom stereocenters. The number of benzene rings is 1. The Morgan fingerprint density at radius 3 is 2.47 bits per heavy atom. The minimum Gasteiger partial charge on any atom is -0.391 e. The first-order chi connectivity index (χ1) is 7.09. The van der Waals surface area contributed by atoms with Gasteiger partial charge >= 0.3 is 0 Å². The smallest absolute Gasteiger partial charge is 0.159 e. The van der Waals surface area contributed by atoms with Crippen LogP contribution in [-0.2, 0) is 0 Å². The maximum absolute atomic E-state index is 12.9. The van der Waals surface area contributed by atoms with E-state index in [2.05, 4.69) is 0 Å². The van der Waals surface area contributed by atoms with E-state index in [1.165, 1.54) is 6.07 Å². The molecule has 2 rings (SSSR count). The van der Waals surface area contributed by atoms with Crippen molar-refractivity contribution < 1.29 is 13.9 Å². The second-order valence-corrected chi connectivity index (χ2v) is 4.03. The summed E-state index contributed by atoms with van der Waals surface area (Å²) in [5.74, 6) is -1.61. The highest BCUT2D eigenvalue weighted by molar-refractivity contribution is 5.22. The first-order valence-electron chi connectivity index (χ1n) is 4.98. The van der Waals surface area contributed by atoms with Crippen LogP contribution in [0.25, 0.3) is 0 Å². The highest BCUT2D eigenvalue weighted by Crippen LogP contribution is 2.37. The molecule has 0 aromatic heterocycles. The quantitative estimate of drug-likeness (QED) is 0.803. The summed E-state index contributed by atoms with van der Waals surface area (Å²) in [6.07, 6.45) is 1.26. The maximum Gasteiger partial charge on any atom is 0.159 e. The zero-order valence-electron chi connectivity index (χ0n) is 8.16. The van der Waals surface area contributed by atoms with Crippen molar-refractivity contribution in [2.45, 2.75) is 25.0 Å². The summed E-state index contributed by atoms with van der Waals surface area (Å²) >= 11 is 0. The molecule has 1 aromatic rings. The lowest BCUT2D eigenvalue weighted by molar-refractivity contribution is 0.122. The Hall–Kier alpha value is -1.00. The second kappa shape index (κ2) is 3.87. The Bertz CT molecular complexity index is 366. The van der Waals surface area contributed by atoms with Crippen molar-refractivity contribution in [3.8, 4) is 0 Å².